The third-order valence-electron chi connectivity index (χ3n) is 1.51. The first-order chi connectivity index (χ1) is 6.01. The third-order valence-corrected chi connectivity index (χ3v) is 1.51. The minimum Gasteiger partial charge on any atom is -0.488 e. The Kier molecular flexibility index (Phi) is 2.94. The van der Waals surface area contributed by atoms with Gasteiger partial charge in [0.25, 0.3) is 0 Å². The molecule has 0 unspecified atom stereocenters. The minimum atomic E-state index is -0.186. The van der Waals surface area contributed by atoms with Gasteiger partial charge in [-0.1, -0.05) is 12.1 Å². The minimum absolute atomic E-state index is 0.0569. The van der Waals surface area contributed by atoms with Gasteiger partial charge in [0.05, 0.1) is 6.61 Å². The lowest BCUT2D eigenvalue weighted by atomic mass is 10.2. The van der Waals surface area contributed by atoms with Gasteiger partial charge in [0.1, 0.15) is 11.4 Å². The Morgan fingerprint density at radius 2 is 2.00 bits per heavy atom. The van der Waals surface area contributed by atoms with Crippen LogP contribution >= 0.6 is 0 Å². The van der Waals surface area contributed by atoms with Crippen LogP contribution in [0.5, 0.6) is 5.75 Å². The molecule has 72 valence electrons. The van der Waals surface area contributed by atoms with E-state index >= 15 is 0 Å². The van der Waals surface area contributed by atoms with E-state index in [9.17, 15) is 0 Å². The number of aliphatic hydroxyl groups is 1. The van der Waals surface area contributed by atoms with E-state index in [2.05, 4.69) is 0 Å². The van der Waals surface area contributed by atoms with Crippen molar-refractivity contribution < 1.29 is 9.84 Å². The molecule has 0 heterocycles. The van der Waals surface area contributed by atoms with Gasteiger partial charge in [0, 0.05) is 0 Å². The maximum Gasteiger partial charge on any atom is 0.120 e. The number of benzene rings is 1. The van der Waals surface area contributed by atoms with Gasteiger partial charge in [-0.3, -0.25) is 0 Å². The van der Waals surface area contributed by atoms with Gasteiger partial charge in [-0.05, 0) is 38.5 Å². The molecule has 0 aliphatic rings. The van der Waals surface area contributed by atoms with E-state index in [1.807, 2.05) is 45.0 Å². The lowest BCUT2D eigenvalue weighted by Crippen LogP contribution is -2.22. The number of hydrogen-bond donors (Lipinski definition) is 1. The molecule has 2 heteroatoms. The predicted molar refractivity (Wildman–Crippen MR) is 52.7 cm³/mol. The van der Waals surface area contributed by atoms with Gasteiger partial charge in [0.15, 0.2) is 0 Å². The standard InChI is InChI=1S/C11H16O2/c1-11(2,3)13-10-6-4-5-9(7-10)8-12/h4-7,12H,8H2,1-3H3. The maximum absolute atomic E-state index is 8.90. The van der Waals surface area contributed by atoms with E-state index < -0.39 is 0 Å². The van der Waals surface area contributed by atoms with E-state index in [1.54, 1.807) is 0 Å². The van der Waals surface area contributed by atoms with Gasteiger partial charge in [-0.2, -0.15) is 0 Å². The summed E-state index contributed by atoms with van der Waals surface area (Å²) in [6.07, 6.45) is 0. The highest BCUT2D eigenvalue weighted by atomic mass is 16.5. The summed E-state index contributed by atoms with van der Waals surface area (Å²) in [5, 5.41) is 8.90. The Balaban J connectivity index is 2.78. The number of rotatable bonds is 2. The first-order valence-electron chi connectivity index (χ1n) is 4.40. The Labute approximate surface area is 79.2 Å². The number of ether oxygens (including phenoxy) is 1. The molecule has 1 rings (SSSR count). The second-order valence-electron chi connectivity index (χ2n) is 4.02. The van der Waals surface area contributed by atoms with E-state index in [0.717, 1.165) is 11.3 Å². The first-order valence-corrected chi connectivity index (χ1v) is 4.40. The lowest BCUT2D eigenvalue weighted by molar-refractivity contribution is 0.130. The molecule has 2 nitrogen and oxygen atoms in total. The average Bonchev–Trinajstić information content (AvgIpc) is 2.01. The van der Waals surface area contributed by atoms with Crippen molar-refractivity contribution in [3.05, 3.63) is 29.8 Å². The van der Waals surface area contributed by atoms with Crippen molar-refractivity contribution >= 4 is 0 Å². The van der Waals surface area contributed by atoms with Gasteiger partial charge in [-0.25, -0.2) is 0 Å². The number of hydrogen-bond acceptors (Lipinski definition) is 2. The van der Waals surface area contributed by atoms with Crippen molar-refractivity contribution in [2.75, 3.05) is 0 Å². The summed E-state index contributed by atoms with van der Waals surface area (Å²) in [5.74, 6) is 0.805. The molecule has 0 radical (unpaired) electrons. The van der Waals surface area contributed by atoms with Crippen molar-refractivity contribution in [2.45, 2.75) is 33.0 Å². The lowest BCUT2D eigenvalue weighted by Gasteiger charge is -2.21. The first kappa shape index (κ1) is 10.1. The smallest absolute Gasteiger partial charge is 0.120 e. The van der Waals surface area contributed by atoms with Crippen LogP contribution < -0.4 is 4.74 Å². The topological polar surface area (TPSA) is 29.5 Å². The van der Waals surface area contributed by atoms with Crippen LogP contribution in [-0.2, 0) is 6.61 Å². The molecular weight excluding hydrogens is 164 g/mol. The molecule has 0 bridgehead atoms. The summed E-state index contributed by atoms with van der Waals surface area (Å²) in [5.41, 5.74) is 0.690. The van der Waals surface area contributed by atoms with Gasteiger partial charge in [0.2, 0.25) is 0 Å². The second kappa shape index (κ2) is 3.79. The molecule has 1 aromatic rings. The van der Waals surface area contributed by atoms with E-state index in [1.165, 1.54) is 0 Å². The molecule has 0 fully saturated rings. The molecule has 0 atom stereocenters. The summed E-state index contributed by atoms with van der Waals surface area (Å²) in [6, 6.07) is 7.50. The van der Waals surface area contributed by atoms with E-state index in [0.29, 0.717) is 0 Å². The molecule has 0 saturated carbocycles. The molecule has 0 aliphatic carbocycles. The molecular formula is C11H16O2. The highest BCUT2D eigenvalue weighted by molar-refractivity contribution is 5.28. The largest absolute Gasteiger partial charge is 0.488 e. The zero-order valence-electron chi connectivity index (χ0n) is 8.37. The average molecular weight is 180 g/mol. The van der Waals surface area contributed by atoms with Crippen LogP contribution in [0.15, 0.2) is 24.3 Å². The van der Waals surface area contributed by atoms with E-state index in [-0.39, 0.29) is 12.2 Å². The second-order valence-corrected chi connectivity index (χ2v) is 4.02. The Morgan fingerprint density at radius 1 is 1.31 bits per heavy atom. The van der Waals surface area contributed by atoms with Crippen LogP contribution in [0.25, 0.3) is 0 Å². The van der Waals surface area contributed by atoms with Crippen LogP contribution in [0.1, 0.15) is 26.3 Å². The molecule has 0 spiro atoms. The SMILES string of the molecule is CC(C)(C)Oc1cccc(CO)c1. The fourth-order valence-corrected chi connectivity index (χ4v) is 1.06. The van der Waals surface area contributed by atoms with Gasteiger partial charge in [-0.15, -0.1) is 0 Å². The van der Waals surface area contributed by atoms with Crippen molar-refractivity contribution in [2.24, 2.45) is 0 Å². The Bertz CT molecular complexity index is 274. The van der Waals surface area contributed by atoms with Crippen LogP contribution in [0.4, 0.5) is 0 Å². The third kappa shape index (κ3) is 3.47. The zero-order chi connectivity index (χ0) is 9.90. The van der Waals surface area contributed by atoms with Crippen LogP contribution in [0.2, 0.25) is 0 Å². The molecule has 0 amide bonds. The molecule has 1 aromatic carbocycles. The monoisotopic (exact) mass is 180 g/mol. The molecule has 0 aliphatic heterocycles. The fraction of sp³-hybridized carbons (Fsp3) is 0.455. The van der Waals surface area contributed by atoms with Crippen LogP contribution in [0, 0.1) is 0 Å². The highest BCUT2D eigenvalue weighted by Crippen LogP contribution is 2.18. The van der Waals surface area contributed by atoms with Gasteiger partial charge >= 0.3 is 0 Å². The normalized spacial score (nSPS) is 11.4. The highest BCUT2D eigenvalue weighted by Gasteiger charge is 2.11. The Hall–Kier alpha value is -1.02. The maximum atomic E-state index is 8.90. The summed E-state index contributed by atoms with van der Waals surface area (Å²) in [4.78, 5) is 0. The number of aliphatic hydroxyl groups excluding tert-OH is 1. The zero-order valence-corrected chi connectivity index (χ0v) is 8.37. The summed E-state index contributed by atoms with van der Waals surface area (Å²) in [6.45, 7) is 6.05. The molecule has 0 aromatic heterocycles. The van der Waals surface area contributed by atoms with Crippen LogP contribution in [-0.4, -0.2) is 10.7 Å². The van der Waals surface area contributed by atoms with Crippen molar-refractivity contribution in [3.8, 4) is 5.75 Å². The van der Waals surface area contributed by atoms with Crippen molar-refractivity contribution in [1.29, 1.82) is 0 Å². The molecule has 0 saturated heterocycles. The summed E-state index contributed by atoms with van der Waals surface area (Å²) < 4.78 is 5.63. The van der Waals surface area contributed by atoms with Crippen LogP contribution in [0.3, 0.4) is 0 Å². The molecule has 1 N–H and O–H groups in total. The summed E-state index contributed by atoms with van der Waals surface area (Å²) >= 11 is 0. The van der Waals surface area contributed by atoms with E-state index in [4.69, 9.17) is 9.84 Å². The van der Waals surface area contributed by atoms with Crippen molar-refractivity contribution in [1.82, 2.24) is 0 Å². The molecule has 13 heavy (non-hydrogen) atoms. The van der Waals surface area contributed by atoms with Gasteiger partial charge < -0.3 is 9.84 Å². The quantitative estimate of drug-likeness (QED) is 0.757. The fourth-order valence-electron chi connectivity index (χ4n) is 1.06. The predicted octanol–water partition coefficient (Wildman–Crippen LogP) is 2.36. The van der Waals surface area contributed by atoms with Crippen molar-refractivity contribution in [3.63, 3.8) is 0 Å². The Morgan fingerprint density at radius 3 is 2.54 bits per heavy atom. The summed E-state index contributed by atoms with van der Waals surface area (Å²) in [7, 11) is 0.